The summed E-state index contributed by atoms with van der Waals surface area (Å²) in [5, 5.41) is 2.80. The molecule has 0 unspecified atom stereocenters. The third kappa shape index (κ3) is 2.59. The molecule has 0 aliphatic rings. The molecule has 3 heterocycles. The number of fused-ring (bicyclic) bond motifs is 1. The maximum atomic E-state index is 12.6. The Kier molecular flexibility index (Phi) is 3.42. The van der Waals surface area contributed by atoms with Gasteiger partial charge in [-0.2, -0.15) is 0 Å². The Bertz CT molecular complexity index is 1140. The van der Waals surface area contributed by atoms with Crippen molar-refractivity contribution in [3.05, 3.63) is 77.1 Å². The van der Waals surface area contributed by atoms with E-state index in [0.717, 1.165) is 5.69 Å². The van der Waals surface area contributed by atoms with Gasteiger partial charge in [0.2, 0.25) is 0 Å². The van der Waals surface area contributed by atoms with Crippen LogP contribution in [0.25, 0.3) is 11.3 Å². The predicted molar refractivity (Wildman–Crippen MR) is 92.1 cm³/mol. The highest BCUT2D eigenvalue weighted by molar-refractivity contribution is 6.06. The number of aromatic nitrogens is 5. The first kappa shape index (κ1) is 14.9. The van der Waals surface area contributed by atoms with E-state index < -0.39 is 0 Å². The number of hydrogen-bond donors (Lipinski definition) is 2. The minimum absolute atomic E-state index is 0.230. The molecule has 1 aromatic carbocycles. The molecule has 2 N–H and O–H groups in total. The van der Waals surface area contributed by atoms with E-state index in [4.69, 9.17) is 0 Å². The van der Waals surface area contributed by atoms with Crippen molar-refractivity contribution >= 4 is 17.2 Å². The van der Waals surface area contributed by atoms with Gasteiger partial charge in [0, 0.05) is 42.4 Å². The Morgan fingerprint density at radius 2 is 2.00 bits per heavy atom. The molecule has 0 aliphatic carbocycles. The Labute approximate surface area is 141 Å². The summed E-state index contributed by atoms with van der Waals surface area (Å²) in [6.45, 7) is 1.83. The molecule has 8 nitrogen and oxygen atoms in total. The second kappa shape index (κ2) is 5.75. The van der Waals surface area contributed by atoms with Gasteiger partial charge in [-0.1, -0.05) is 6.07 Å². The Morgan fingerprint density at radius 3 is 2.76 bits per heavy atom. The van der Waals surface area contributed by atoms with Gasteiger partial charge in [0.1, 0.15) is 0 Å². The predicted octanol–water partition coefficient (Wildman–Crippen LogP) is 1.77. The van der Waals surface area contributed by atoms with Crippen molar-refractivity contribution in [3.63, 3.8) is 0 Å². The summed E-state index contributed by atoms with van der Waals surface area (Å²) in [5.74, 6) is -0.368. The van der Waals surface area contributed by atoms with Crippen molar-refractivity contribution in [1.82, 2.24) is 23.9 Å². The molecule has 8 heteroatoms. The van der Waals surface area contributed by atoms with Crippen molar-refractivity contribution in [2.45, 2.75) is 6.92 Å². The largest absolute Gasteiger partial charge is 0.330 e. The van der Waals surface area contributed by atoms with Crippen LogP contribution in [-0.2, 0) is 0 Å². The zero-order valence-electron chi connectivity index (χ0n) is 13.3. The van der Waals surface area contributed by atoms with E-state index in [1.807, 2.05) is 6.92 Å². The summed E-state index contributed by atoms with van der Waals surface area (Å²) < 4.78 is 3.25. The van der Waals surface area contributed by atoms with Gasteiger partial charge in [0.25, 0.3) is 5.91 Å². The third-order valence-electron chi connectivity index (χ3n) is 3.85. The molecule has 0 aliphatic heterocycles. The van der Waals surface area contributed by atoms with Gasteiger partial charge in [-0.05, 0) is 25.1 Å². The summed E-state index contributed by atoms with van der Waals surface area (Å²) in [7, 11) is 0. The molecular weight excluding hydrogens is 320 g/mol. The lowest BCUT2D eigenvalue weighted by molar-refractivity contribution is 0.102. The first-order valence-corrected chi connectivity index (χ1v) is 7.60. The van der Waals surface area contributed by atoms with E-state index in [0.29, 0.717) is 17.0 Å². The molecule has 0 spiro atoms. The number of carbonyl (C=O) groups is 1. The number of anilines is 1. The quantitative estimate of drug-likeness (QED) is 0.597. The zero-order chi connectivity index (χ0) is 17.4. The Morgan fingerprint density at radius 1 is 1.20 bits per heavy atom. The molecule has 25 heavy (non-hydrogen) atoms. The molecule has 0 atom stereocenters. The smallest absolute Gasteiger partial charge is 0.320 e. The average molecular weight is 334 g/mol. The standard InChI is InChI=1S/C17H14N6O2/c1-11-10-20-17(25)23(11)13-4-2-3-12(9-13)21-16(24)14-15-19-6-8-22(15)7-5-18-14/h2-10H,1H3,(H,20,25)(H,21,24). The van der Waals surface area contributed by atoms with E-state index in [9.17, 15) is 9.59 Å². The molecule has 1 amide bonds. The number of carbonyl (C=O) groups excluding carboxylic acids is 1. The number of amides is 1. The van der Waals surface area contributed by atoms with Gasteiger partial charge < -0.3 is 14.7 Å². The van der Waals surface area contributed by atoms with Crippen LogP contribution in [0.15, 0.2) is 60.0 Å². The van der Waals surface area contributed by atoms with Gasteiger partial charge in [0.15, 0.2) is 11.3 Å². The third-order valence-corrected chi connectivity index (χ3v) is 3.85. The fraction of sp³-hybridized carbons (Fsp3) is 0.0588. The van der Waals surface area contributed by atoms with Crippen molar-refractivity contribution in [1.29, 1.82) is 0 Å². The number of nitrogens with zero attached hydrogens (tertiary/aromatic N) is 4. The van der Waals surface area contributed by atoms with Gasteiger partial charge in [-0.3, -0.25) is 9.36 Å². The van der Waals surface area contributed by atoms with E-state index in [-0.39, 0.29) is 17.3 Å². The van der Waals surface area contributed by atoms with Crippen molar-refractivity contribution in [2.75, 3.05) is 5.32 Å². The molecule has 0 saturated heterocycles. The maximum absolute atomic E-state index is 12.6. The van der Waals surface area contributed by atoms with Crippen LogP contribution in [0.1, 0.15) is 16.2 Å². The lowest BCUT2D eigenvalue weighted by atomic mass is 10.2. The summed E-state index contributed by atoms with van der Waals surface area (Å²) in [4.78, 5) is 35.4. The molecule has 4 rings (SSSR count). The van der Waals surface area contributed by atoms with Crippen LogP contribution in [0.4, 0.5) is 5.69 Å². The number of hydrogen-bond acceptors (Lipinski definition) is 4. The monoisotopic (exact) mass is 334 g/mol. The Hall–Kier alpha value is -3.68. The van der Waals surface area contributed by atoms with Crippen LogP contribution in [0.2, 0.25) is 0 Å². The minimum Gasteiger partial charge on any atom is -0.320 e. The normalized spacial score (nSPS) is 10.9. The van der Waals surface area contributed by atoms with Crippen molar-refractivity contribution in [2.24, 2.45) is 0 Å². The Balaban J connectivity index is 1.68. The van der Waals surface area contributed by atoms with E-state index in [1.165, 1.54) is 4.57 Å². The summed E-state index contributed by atoms with van der Waals surface area (Å²) in [5.41, 5.74) is 2.47. The summed E-state index contributed by atoms with van der Waals surface area (Å²) in [6, 6.07) is 7.05. The van der Waals surface area contributed by atoms with E-state index in [1.54, 1.807) is 59.7 Å². The number of rotatable bonds is 3. The van der Waals surface area contributed by atoms with Crippen molar-refractivity contribution in [3.8, 4) is 5.69 Å². The molecule has 124 valence electrons. The molecular formula is C17H14N6O2. The first-order chi connectivity index (χ1) is 12.1. The van der Waals surface area contributed by atoms with Crippen LogP contribution in [0.5, 0.6) is 0 Å². The first-order valence-electron chi connectivity index (χ1n) is 7.60. The summed E-state index contributed by atoms with van der Waals surface area (Å²) >= 11 is 0. The number of H-pyrrole nitrogens is 1. The van der Waals surface area contributed by atoms with Gasteiger partial charge in [-0.15, -0.1) is 0 Å². The number of nitrogens with one attached hydrogen (secondary N) is 2. The van der Waals surface area contributed by atoms with Crippen molar-refractivity contribution < 1.29 is 4.79 Å². The summed E-state index contributed by atoms with van der Waals surface area (Å²) in [6.07, 6.45) is 8.26. The molecule has 0 bridgehead atoms. The van der Waals surface area contributed by atoms with E-state index in [2.05, 4.69) is 20.3 Å². The molecule has 0 fully saturated rings. The second-order valence-electron chi connectivity index (χ2n) is 5.51. The molecule has 0 saturated carbocycles. The second-order valence-corrected chi connectivity index (χ2v) is 5.51. The lowest BCUT2D eigenvalue weighted by Crippen LogP contribution is -2.17. The van der Waals surface area contributed by atoms with Gasteiger partial charge in [0.05, 0.1) is 5.69 Å². The van der Waals surface area contributed by atoms with Crippen LogP contribution in [0, 0.1) is 6.92 Å². The minimum atomic E-state index is -0.368. The highest BCUT2D eigenvalue weighted by Gasteiger charge is 2.14. The number of aromatic amines is 1. The lowest BCUT2D eigenvalue weighted by Gasteiger charge is -2.09. The van der Waals surface area contributed by atoms with Gasteiger partial charge >= 0.3 is 5.69 Å². The van der Waals surface area contributed by atoms with Crippen LogP contribution in [-0.4, -0.2) is 29.8 Å². The van der Waals surface area contributed by atoms with E-state index >= 15 is 0 Å². The number of imidazole rings is 2. The average Bonchev–Trinajstić information content (AvgIpc) is 3.21. The molecule has 4 aromatic rings. The maximum Gasteiger partial charge on any atom is 0.330 e. The fourth-order valence-corrected chi connectivity index (χ4v) is 2.70. The molecule has 3 aromatic heterocycles. The number of benzene rings is 1. The zero-order valence-corrected chi connectivity index (χ0v) is 13.3. The fourth-order valence-electron chi connectivity index (χ4n) is 2.70. The SMILES string of the molecule is Cc1c[nH]c(=O)n1-c1cccc(NC(=O)c2nccn3ccnc23)c1. The van der Waals surface area contributed by atoms with Crippen LogP contribution >= 0.6 is 0 Å². The number of aryl methyl sites for hydroxylation is 1. The topological polar surface area (TPSA) is 97.1 Å². The van der Waals surface area contributed by atoms with Crippen LogP contribution in [0.3, 0.4) is 0 Å². The highest BCUT2D eigenvalue weighted by Crippen LogP contribution is 2.16. The van der Waals surface area contributed by atoms with Gasteiger partial charge in [-0.25, -0.2) is 14.8 Å². The highest BCUT2D eigenvalue weighted by atomic mass is 16.2. The molecule has 0 radical (unpaired) electrons. The van der Waals surface area contributed by atoms with Crippen LogP contribution < -0.4 is 11.0 Å².